The van der Waals surface area contributed by atoms with E-state index in [9.17, 15) is 0 Å². The van der Waals surface area contributed by atoms with Gasteiger partial charge in [-0.25, -0.2) is 0 Å². The molecule has 0 aliphatic carbocycles. The second-order valence-electron chi connectivity index (χ2n) is 6.73. The highest BCUT2D eigenvalue weighted by Crippen LogP contribution is 2.30. The van der Waals surface area contributed by atoms with E-state index in [-0.39, 0.29) is 0 Å². The van der Waals surface area contributed by atoms with Crippen molar-refractivity contribution in [2.75, 3.05) is 19.5 Å². The predicted molar refractivity (Wildman–Crippen MR) is 128 cm³/mol. The Morgan fingerprint density at radius 3 is 2.32 bits per heavy atom. The second kappa shape index (κ2) is 10.5. The van der Waals surface area contributed by atoms with Crippen LogP contribution >= 0.6 is 27.7 Å². The van der Waals surface area contributed by atoms with Crippen molar-refractivity contribution in [1.82, 2.24) is 14.8 Å². The van der Waals surface area contributed by atoms with E-state index in [2.05, 4.69) is 48.9 Å². The maximum Gasteiger partial charge on any atom is 0.191 e. The molecule has 0 aliphatic rings. The standard InChI is InChI=1S/C24H22BrN3O2S/c1-29-19-11-13-20(14-12-19)30-15-16-31-24-27-26-23(21-9-5-6-10-22(21)25)28(24)17-18-7-3-2-4-8-18/h2-14H,15-17H2,1H3. The van der Waals surface area contributed by atoms with Crippen LogP contribution in [0.15, 0.2) is 88.5 Å². The minimum atomic E-state index is 0.569. The SMILES string of the molecule is COc1ccc(OCCSc2nnc(-c3ccccc3Br)n2Cc2ccccc2)cc1. The summed E-state index contributed by atoms with van der Waals surface area (Å²) in [6.07, 6.45) is 0. The molecule has 3 aromatic carbocycles. The maximum absolute atomic E-state index is 5.85. The first kappa shape index (κ1) is 21.5. The molecule has 0 amide bonds. The molecule has 0 radical (unpaired) electrons. The van der Waals surface area contributed by atoms with Crippen LogP contribution < -0.4 is 9.47 Å². The fraction of sp³-hybridized carbons (Fsp3) is 0.167. The fourth-order valence-corrected chi connectivity index (χ4v) is 4.33. The molecule has 1 heterocycles. The van der Waals surface area contributed by atoms with Gasteiger partial charge in [0.15, 0.2) is 11.0 Å². The molecule has 0 unspecified atom stereocenters. The van der Waals surface area contributed by atoms with Gasteiger partial charge in [0, 0.05) is 15.8 Å². The lowest BCUT2D eigenvalue weighted by atomic mass is 10.2. The molecule has 0 saturated carbocycles. The van der Waals surface area contributed by atoms with E-state index in [1.54, 1.807) is 18.9 Å². The molecule has 4 aromatic rings. The average Bonchev–Trinajstić information content (AvgIpc) is 3.20. The first-order chi connectivity index (χ1) is 15.2. The normalized spacial score (nSPS) is 10.8. The van der Waals surface area contributed by atoms with E-state index >= 15 is 0 Å². The molecule has 0 saturated heterocycles. The van der Waals surface area contributed by atoms with Crippen LogP contribution in [0.4, 0.5) is 0 Å². The lowest BCUT2D eigenvalue weighted by molar-refractivity contribution is 0.342. The number of thioether (sulfide) groups is 1. The van der Waals surface area contributed by atoms with Crippen LogP contribution in [0.5, 0.6) is 11.5 Å². The third-order valence-electron chi connectivity index (χ3n) is 4.66. The zero-order valence-electron chi connectivity index (χ0n) is 17.1. The van der Waals surface area contributed by atoms with Gasteiger partial charge in [0.2, 0.25) is 0 Å². The highest BCUT2D eigenvalue weighted by atomic mass is 79.9. The second-order valence-corrected chi connectivity index (χ2v) is 8.65. The Morgan fingerprint density at radius 1 is 0.871 bits per heavy atom. The molecular formula is C24H22BrN3O2S. The fourth-order valence-electron chi connectivity index (χ4n) is 3.11. The highest BCUT2D eigenvalue weighted by Gasteiger charge is 2.16. The molecule has 0 atom stereocenters. The summed E-state index contributed by atoms with van der Waals surface area (Å²) in [6.45, 7) is 1.27. The summed E-state index contributed by atoms with van der Waals surface area (Å²) in [5.74, 6) is 3.24. The summed E-state index contributed by atoms with van der Waals surface area (Å²) >= 11 is 5.28. The van der Waals surface area contributed by atoms with E-state index in [1.165, 1.54) is 5.56 Å². The monoisotopic (exact) mass is 495 g/mol. The van der Waals surface area contributed by atoms with Gasteiger partial charge in [-0.05, 0) is 35.9 Å². The third kappa shape index (κ3) is 5.48. The van der Waals surface area contributed by atoms with Gasteiger partial charge in [0.25, 0.3) is 0 Å². The molecule has 1 aromatic heterocycles. The Kier molecular flexibility index (Phi) is 7.27. The largest absolute Gasteiger partial charge is 0.497 e. The first-order valence-corrected chi connectivity index (χ1v) is 11.6. The molecule has 0 N–H and O–H groups in total. The molecular weight excluding hydrogens is 474 g/mol. The number of aromatic nitrogens is 3. The highest BCUT2D eigenvalue weighted by molar-refractivity contribution is 9.10. The summed E-state index contributed by atoms with van der Waals surface area (Å²) in [7, 11) is 1.65. The van der Waals surface area contributed by atoms with Crippen LogP contribution in [-0.2, 0) is 6.54 Å². The molecule has 7 heteroatoms. The predicted octanol–water partition coefficient (Wildman–Crippen LogP) is 5.94. The van der Waals surface area contributed by atoms with Crippen LogP contribution in [-0.4, -0.2) is 34.2 Å². The van der Waals surface area contributed by atoms with Crippen LogP contribution in [0.1, 0.15) is 5.56 Å². The number of methoxy groups -OCH3 is 1. The molecule has 0 bridgehead atoms. The number of nitrogens with zero attached hydrogens (tertiary/aromatic N) is 3. The van der Waals surface area contributed by atoms with Gasteiger partial charge in [-0.2, -0.15) is 0 Å². The van der Waals surface area contributed by atoms with Crippen LogP contribution in [0.2, 0.25) is 0 Å². The van der Waals surface area contributed by atoms with E-state index in [1.807, 2.05) is 60.7 Å². The van der Waals surface area contributed by atoms with Crippen LogP contribution in [0, 0.1) is 0 Å². The van der Waals surface area contributed by atoms with E-state index in [0.717, 1.165) is 38.3 Å². The number of hydrogen-bond donors (Lipinski definition) is 0. The van der Waals surface area contributed by atoms with Gasteiger partial charge >= 0.3 is 0 Å². The zero-order chi connectivity index (χ0) is 21.5. The van der Waals surface area contributed by atoms with Gasteiger partial charge < -0.3 is 9.47 Å². The van der Waals surface area contributed by atoms with Gasteiger partial charge in [0.1, 0.15) is 11.5 Å². The summed E-state index contributed by atoms with van der Waals surface area (Å²) in [6, 6.07) is 26.0. The Bertz CT molecular complexity index is 1120. The molecule has 5 nitrogen and oxygen atoms in total. The van der Waals surface area contributed by atoms with Crippen molar-refractivity contribution in [2.45, 2.75) is 11.7 Å². The minimum Gasteiger partial charge on any atom is -0.497 e. The molecule has 158 valence electrons. The number of rotatable bonds is 9. The van der Waals surface area contributed by atoms with Gasteiger partial charge in [0.05, 0.1) is 20.3 Å². The summed E-state index contributed by atoms with van der Waals surface area (Å²) in [5.41, 5.74) is 2.22. The van der Waals surface area contributed by atoms with Gasteiger partial charge in [-0.1, -0.05) is 76.2 Å². The zero-order valence-corrected chi connectivity index (χ0v) is 19.5. The summed E-state index contributed by atoms with van der Waals surface area (Å²) < 4.78 is 14.2. The van der Waals surface area contributed by atoms with Crippen molar-refractivity contribution >= 4 is 27.7 Å². The quantitative estimate of drug-likeness (QED) is 0.212. The van der Waals surface area contributed by atoms with Gasteiger partial charge in [-0.3, -0.25) is 4.57 Å². The minimum absolute atomic E-state index is 0.569. The van der Waals surface area contributed by atoms with E-state index in [0.29, 0.717) is 13.2 Å². The molecule has 31 heavy (non-hydrogen) atoms. The van der Waals surface area contributed by atoms with Gasteiger partial charge in [-0.15, -0.1) is 10.2 Å². The Balaban J connectivity index is 1.49. The topological polar surface area (TPSA) is 49.2 Å². The van der Waals surface area contributed by atoms with Crippen molar-refractivity contribution < 1.29 is 9.47 Å². The molecule has 4 rings (SSSR count). The Hall–Kier alpha value is -2.77. The van der Waals surface area contributed by atoms with E-state index < -0.39 is 0 Å². The Morgan fingerprint density at radius 2 is 1.58 bits per heavy atom. The van der Waals surface area contributed by atoms with Crippen LogP contribution in [0.25, 0.3) is 11.4 Å². The molecule has 0 fully saturated rings. The van der Waals surface area contributed by atoms with Crippen molar-refractivity contribution in [2.24, 2.45) is 0 Å². The number of hydrogen-bond acceptors (Lipinski definition) is 5. The summed E-state index contributed by atoms with van der Waals surface area (Å²) in [5, 5.41) is 9.86. The van der Waals surface area contributed by atoms with Crippen molar-refractivity contribution in [1.29, 1.82) is 0 Å². The van der Waals surface area contributed by atoms with E-state index in [4.69, 9.17) is 9.47 Å². The molecule has 0 aliphatic heterocycles. The number of halogens is 1. The lowest BCUT2D eigenvalue weighted by Crippen LogP contribution is -2.06. The Labute approximate surface area is 194 Å². The van der Waals surface area contributed by atoms with Crippen molar-refractivity contribution in [3.8, 4) is 22.9 Å². The number of ether oxygens (including phenoxy) is 2. The van der Waals surface area contributed by atoms with Crippen molar-refractivity contribution in [3.63, 3.8) is 0 Å². The van der Waals surface area contributed by atoms with Crippen molar-refractivity contribution in [3.05, 3.63) is 88.9 Å². The smallest absolute Gasteiger partial charge is 0.191 e. The third-order valence-corrected chi connectivity index (χ3v) is 6.28. The summed E-state index contributed by atoms with van der Waals surface area (Å²) in [4.78, 5) is 0. The lowest BCUT2D eigenvalue weighted by Gasteiger charge is -2.12. The molecule has 0 spiro atoms. The first-order valence-electron chi connectivity index (χ1n) is 9.86. The van der Waals surface area contributed by atoms with Crippen LogP contribution in [0.3, 0.4) is 0 Å². The number of benzene rings is 3. The maximum atomic E-state index is 5.85. The average molecular weight is 496 g/mol.